The number of unbranched alkanes of at least 4 members (excludes halogenated alkanes) is 2. The number of carbonyl (C=O) groups excluding carboxylic acids is 1. The summed E-state index contributed by atoms with van der Waals surface area (Å²) in [4.78, 5) is 15.5. The van der Waals surface area contributed by atoms with Crippen molar-refractivity contribution in [3.05, 3.63) is 66.0 Å². The molecule has 0 aliphatic heterocycles. The maximum Gasteiger partial charge on any atom is 0.169 e. The second-order valence-corrected chi connectivity index (χ2v) is 11.3. The number of halogens is 1. The minimum Gasteiger partial charge on any atom is -0.383 e. The molecule has 3 rings (SSSR count). The molecule has 0 aromatic heterocycles. The fourth-order valence-corrected chi connectivity index (χ4v) is 5.30. The van der Waals surface area contributed by atoms with Crippen LogP contribution in [-0.4, -0.2) is 44.0 Å². The molecule has 1 fully saturated rings. The predicted octanol–water partition coefficient (Wildman–Crippen LogP) is 6.94. The first-order valence-corrected chi connectivity index (χ1v) is 14.9. The molecular weight excluding hydrogens is 487 g/mol. The Morgan fingerprint density at radius 1 is 1.10 bits per heavy atom. The van der Waals surface area contributed by atoms with Crippen molar-refractivity contribution in [3.8, 4) is 0 Å². The van der Waals surface area contributed by atoms with E-state index in [9.17, 15) is 4.79 Å². The fourth-order valence-electron chi connectivity index (χ4n) is 5.30. The third-order valence-electron chi connectivity index (χ3n) is 7.53. The quantitative estimate of drug-likeness (QED) is 0.203. The first-order valence-electron chi connectivity index (χ1n) is 14.9. The molecule has 39 heavy (non-hydrogen) atoms. The second kappa shape index (κ2) is 15.7. The van der Waals surface area contributed by atoms with E-state index >= 15 is 4.39 Å². The van der Waals surface area contributed by atoms with Crippen molar-refractivity contribution in [3.63, 3.8) is 0 Å². The van der Waals surface area contributed by atoms with E-state index in [1.807, 2.05) is 48.3 Å². The molecule has 5 nitrogen and oxygen atoms in total. The van der Waals surface area contributed by atoms with Crippen LogP contribution in [0.1, 0.15) is 83.3 Å². The van der Waals surface area contributed by atoms with Crippen LogP contribution < -0.4 is 20.9 Å². The van der Waals surface area contributed by atoms with E-state index in [-0.39, 0.29) is 17.6 Å². The summed E-state index contributed by atoms with van der Waals surface area (Å²) in [6, 6.07) is 13.7. The highest BCUT2D eigenvalue weighted by atomic mass is 19.1. The van der Waals surface area contributed by atoms with E-state index in [0.717, 1.165) is 49.9 Å². The van der Waals surface area contributed by atoms with Gasteiger partial charge in [0.2, 0.25) is 0 Å². The normalized spacial score (nSPS) is 14.7. The molecule has 6 heteroatoms. The van der Waals surface area contributed by atoms with Crippen molar-refractivity contribution < 1.29 is 9.18 Å². The molecule has 3 N–H and O–H groups in total. The average molecular weight is 537 g/mol. The third-order valence-corrected chi connectivity index (χ3v) is 7.53. The van der Waals surface area contributed by atoms with Gasteiger partial charge >= 0.3 is 0 Å². The molecule has 0 amide bonds. The highest BCUT2D eigenvalue weighted by molar-refractivity contribution is 5.88. The lowest BCUT2D eigenvalue weighted by Gasteiger charge is -2.27. The van der Waals surface area contributed by atoms with Gasteiger partial charge < -0.3 is 20.9 Å². The van der Waals surface area contributed by atoms with Gasteiger partial charge in [0.1, 0.15) is 0 Å². The molecule has 214 valence electrons. The maximum absolute atomic E-state index is 16.0. The van der Waals surface area contributed by atoms with Gasteiger partial charge in [-0.15, -0.1) is 0 Å². The van der Waals surface area contributed by atoms with Crippen LogP contribution in [-0.2, 0) is 11.2 Å². The first-order chi connectivity index (χ1) is 18.8. The van der Waals surface area contributed by atoms with Crippen LogP contribution in [0.25, 0.3) is 5.70 Å². The van der Waals surface area contributed by atoms with Crippen LogP contribution in [0.3, 0.4) is 0 Å². The van der Waals surface area contributed by atoms with E-state index in [2.05, 4.69) is 43.3 Å². The Morgan fingerprint density at radius 3 is 2.49 bits per heavy atom. The third kappa shape index (κ3) is 9.68. The number of nitrogens with one attached hydrogen (secondary N) is 3. The smallest absolute Gasteiger partial charge is 0.169 e. The lowest BCUT2D eigenvalue weighted by atomic mass is 9.95. The Hall–Kier alpha value is -2.86. The van der Waals surface area contributed by atoms with Gasteiger partial charge in [-0.1, -0.05) is 75.9 Å². The van der Waals surface area contributed by atoms with Crippen LogP contribution in [0.4, 0.5) is 15.8 Å². The molecule has 1 aliphatic carbocycles. The fraction of sp³-hybridized carbons (Fsp3) is 0.545. The van der Waals surface area contributed by atoms with Gasteiger partial charge in [0, 0.05) is 42.6 Å². The molecule has 0 spiro atoms. The summed E-state index contributed by atoms with van der Waals surface area (Å²) >= 11 is 0. The molecule has 1 aliphatic rings. The number of rotatable bonds is 16. The minimum atomic E-state index is -0.511. The summed E-state index contributed by atoms with van der Waals surface area (Å²) in [5.74, 6) is -0.244. The molecule has 2 aromatic carbocycles. The average Bonchev–Trinajstić information content (AvgIpc) is 2.93. The van der Waals surface area contributed by atoms with E-state index < -0.39 is 6.04 Å². The molecule has 2 aromatic rings. The Balaban J connectivity index is 1.83. The Kier molecular flexibility index (Phi) is 12.3. The maximum atomic E-state index is 16.0. The van der Waals surface area contributed by atoms with Crippen molar-refractivity contribution in [1.82, 2.24) is 10.6 Å². The van der Waals surface area contributed by atoms with E-state index in [1.165, 1.54) is 19.3 Å². The number of nitrogens with zero attached hydrogens (tertiary/aromatic N) is 1. The molecule has 1 saturated carbocycles. The second-order valence-electron chi connectivity index (χ2n) is 11.3. The topological polar surface area (TPSA) is 56.4 Å². The molecule has 0 radical (unpaired) electrons. The van der Waals surface area contributed by atoms with Crippen molar-refractivity contribution in [2.45, 2.75) is 96.7 Å². The lowest BCUT2D eigenvalue weighted by molar-refractivity contribution is -0.120. The van der Waals surface area contributed by atoms with Gasteiger partial charge in [-0.05, 0) is 57.2 Å². The first kappa shape index (κ1) is 30.7. The van der Waals surface area contributed by atoms with Gasteiger partial charge in [-0.2, -0.15) is 0 Å². The number of hydrogen-bond acceptors (Lipinski definition) is 5. The zero-order valence-corrected chi connectivity index (χ0v) is 24.5. The molecule has 1 atom stereocenters. The standard InChI is InChI=1S/C33H49FN4O/c1-6-7-14-19-38(5)31-22-28(36-24(2)3)21-29(33(31)34)25(4)37-30(20-26-15-10-8-11-16-26)32(39)23-35-27-17-12-9-13-18-27/h8,10-11,15-16,21-22,24,27,30,35-37H,4,6-7,9,12-14,17-20,23H2,1-3,5H3. The van der Waals surface area contributed by atoms with Crippen molar-refractivity contribution in [1.29, 1.82) is 0 Å². The summed E-state index contributed by atoms with van der Waals surface area (Å²) in [7, 11) is 1.94. The molecule has 0 heterocycles. The summed E-state index contributed by atoms with van der Waals surface area (Å²) in [6.45, 7) is 11.6. The van der Waals surface area contributed by atoms with Crippen molar-refractivity contribution in [2.24, 2.45) is 0 Å². The monoisotopic (exact) mass is 536 g/mol. The van der Waals surface area contributed by atoms with Gasteiger partial charge in [-0.25, -0.2) is 4.39 Å². The van der Waals surface area contributed by atoms with Gasteiger partial charge in [0.05, 0.1) is 18.3 Å². The zero-order valence-electron chi connectivity index (χ0n) is 24.5. The largest absolute Gasteiger partial charge is 0.383 e. The number of anilines is 2. The van der Waals surface area contributed by atoms with Gasteiger partial charge in [0.15, 0.2) is 11.6 Å². The van der Waals surface area contributed by atoms with Crippen molar-refractivity contribution in [2.75, 3.05) is 30.4 Å². The summed E-state index contributed by atoms with van der Waals surface area (Å²) < 4.78 is 16.0. The van der Waals surface area contributed by atoms with E-state index in [1.54, 1.807) is 6.07 Å². The summed E-state index contributed by atoms with van der Waals surface area (Å²) in [5, 5.41) is 10.2. The van der Waals surface area contributed by atoms with Crippen LogP contribution in [0, 0.1) is 5.82 Å². The van der Waals surface area contributed by atoms with Crippen LogP contribution >= 0.6 is 0 Å². The van der Waals surface area contributed by atoms with E-state index in [0.29, 0.717) is 36.0 Å². The summed E-state index contributed by atoms with van der Waals surface area (Å²) in [6.07, 6.45) is 9.67. The molecular formula is C33H49FN4O. The SMILES string of the molecule is C=C(NC(Cc1ccccc1)C(=O)CNC1CCCCC1)c1cc(NC(C)C)cc(N(C)CCCCC)c1F. The molecule has 0 bridgehead atoms. The van der Waals surface area contributed by atoms with Gasteiger partial charge in [0.25, 0.3) is 0 Å². The predicted molar refractivity (Wildman–Crippen MR) is 164 cm³/mol. The number of benzene rings is 2. The Morgan fingerprint density at radius 2 is 1.82 bits per heavy atom. The van der Waals surface area contributed by atoms with Crippen molar-refractivity contribution >= 4 is 22.9 Å². The molecule has 1 unspecified atom stereocenters. The number of carbonyl (C=O) groups is 1. The Bertz CT molecular complexity index is 1050. The molecule has 0 saturated heterocycles. The van der Waals surface area contributed by atoms with Gasteiger partial charge in [-0.3, -0.25) is 4.79 Å². The lowest BCUT2D eigenvalue weighted by Crippen LogP contribution is -2.45. The minimum absolute atomic E-state index is 0.0688. The number of ketones is 1. The highest BCUT2D eigenvalue weighted by Crippen LogP contribution is 2.31. The Labute approximate surface area is 235 Å². The number of hydrogen-bond donors (Lipinski definition) is 3. The number of Topliss-reactive ketones (excluding diaryl/α,β-unsaturated/α-hetero) is 1. The van der Waals surface area contributed by atoms with Crippen LogP contribution in [0.2, 0.25) is 0 Å². The van der Waals surface area contributed by atoms with Crippen LogP contribution in [0.15, 0.2) is 49.0 Å². The summed E-state index contributed by atoms with van der Waals surface area (Å²) in [5.41, 5.74) is 3.26. The van der Waals surface area contributed by atoms with Crippen LogP contribution in [0.5, 0.6) is 0 Å². The van der Waals surface area contributed by atoms with E-state index in [4.69, 9.17) is 0 Å². The zero-order chi connectivity index (χ0) is 28.2. The highest BCUT2D eigenvalue weighted by Gasteiger charge is 2.24.